The second-order valence-corrected chi connectivity index (χ2v) is 8.19. The monoisotopic (exact) mass is 503 g/mol. The maximum atomic E-state index is 12.5. The second-order valence-electron chi connectivity index (χ2n) is 7.78. The van der Waals surface area contributed by atoms with Crippen molar-refractivity contribution in [1.82, 2.24) is 5.32 Å². The lowest BCUT2D eigenvalue weighted by atomic mass is 10.1. The van der Waals surface area contributed by atoms with Crippen LogP contribution in [0, 0.1) is 18.3 Å². The van der Waals surface area contributed by atoms with Gasteiger partial charge in [0.1, 0.15) is 11.6 Å². The van der Waals surface area contributed by atoms with E-state index in [2.05, 4.69) is 10.6 Å². The summed E-state index contributed by atoms with van der Waals surface area (Å²) >= 11 is 6.10. The number of halogens is 1. The van der Waals surface area contributed by atoms with Gasteiger partial charge in [0.25, 0.3) is 11.8 Å². The standard InChI is InChI=1S/C28H26ClN3O4/c1-3-35-26-14-21(13-22(16-30)28(34)31-17-20-7-5-4-6-8-20)10-12-25(26)36-18-27(33)32-23-11-9-19(2)24(29)15-23/h4-15H,3,17-18H2,1-2H3,(H,31,34)(H,32,33)/b22-13+. The Morgan fingerprint density at radius 1 is 1.03 bits per heavy atom. The molecule has 0 radical (unpaired) electrons. The lowest BCUT2D eigenvalue weighted by Crippen LogP contribution is -2.23. The van der Waals surface area contributed by atoms with Gasteiger partial charge in [-0.15, -0.1) is 0 Å². The zero-order chi connectivity index (χ0) is 25.9. The first kappa shape index (κ1) is 26.3. The minimum Gasteiger partial charge on any atom is -0.490 e. The predicted molar refractivity (Wildman–Crippen MR) is 140 cm³/mol. The number of hydrogen-bond donors (Lipinski definition) is 2. The van der Waals surface area contributed by atoms with Crippen LogP contribution < -0.4 is 20.1 Å². The van der Waals surface area contributed by atoms with E-state index in [1.54, 1.807) is 30.3 Å². The zero-order valence-electron chi connectivity index (χ0n) is 20.0. The number of carbonyl (C=O) groups is 2. The molecule has 0 aliphatic rings. The van der Waals surface area contributed by atoms with Gasteiger partial charge in [0.05, 0.1) is 6.61 Å². The molecule has 3 aromatic carbocycles. The number of carbonyl (C=O) groups excluding carboxylic acids is 2. The van der Waals surface area contributed by atoms with E-state index in [0.717, 1.165) is 11.1 Å². The van der Waals surface area contributed by atoms with Gasteiger partial charge < -0.3 is 20.1 Å². The lowest BCUT2D eigenvalue weighted by Gasteiger charge is -2.13. The van der Waals surface area contributed by atoms with Crippen molar-refractivity contribution in [2.75, 3.05) is 18.5 Å². The van der Waals surface area contributed by atoms with Crippen LogP contribution in [0.3, 0.4) is 0 Å². The predicted octanol–water partition coefficient (Wildman–Crippen LogP) is 5.29. The largest absolute Gasteiger partial charge is 0.490 e. The highest BCUT2D eigenvalue weighted by molar-refractivity contribution is 6.31. The van der Waals surface area contributed by atoms with Crippen LogP contribution in [0.2, 0.25) is 5.02 Å². The quantitative estimate of drug-likeness (QED) is 0.289. The fraction of sp³-hybridized carbons (Fsp3) is 0.179. The van der Waals surface area contributed by atoms with Crippen LogP contribution in [0.4, 0.5) is 5.69 Å². The van der Waals surface area contributed by atoms with E-state index in [4.69, 9.17) is 21.1 Å². The molecule has 8 heteroatoms. The summed E-state index contributed by atoms with van der Waals surface area (Å²) in [5, 5.41) is 15.5. The maximum Gasteiger partial charge on any atom is 0.262 e. The fourth-order valence-corrected chi connectivity index (χ4v) is 3.38. The zero-order valence-corrected chi connectivity index (χ0v) is 20.8. The van der Waals surface area contributed by atoms with E-state index in [1.165, 1.54) is 6.08 Å². The third-order valence-corrected chi connectivity index (χ3v) is 5.46. The van der Waals surface area contributed by atoms with Gasteiger partial charge in [0.2, 0.25) is 0 Å². The van der Waals surface area contributed by atoms with Crippen LogP contribution in [-0.2, 0) is 16.1 Å². The van der Waals surface area contributed by atoms with Crippen LogP contribution >= 0.6 is 11.6 Å². The maximum absolute atomic E-state index is 12.5. The van der Waals surface area contributed by atoms with Gasteiger partial charge in [0.15, 0.2) is 18.1 Å². The number of benzene rings is 3. The number of amides is 2. The average molecular weight is 504 g/mol. The summed E-state index contributed by atoms with van der Waals surface area (Å²) in [5.74, 6) is -0.0896. The number of nitrogens with zero attached hydrogens (tertiary/aromatic N) is 1. The Balaban J connectivity index is 1.66. The van der Waals surface area contributed by atoms with Gasteiger partial charge in [-0.2, -0.15) is 5.26 Å². The van der Waals surface area contributed by atoms with Crippen molar-refractivity contribution in [2.45, 2.75) is 20.4 Å². The van der Waals surface area contributed by atoms with Crippen LogP contribution in [0.1, 0.15) is 23.6 Å². The fourth-order valence-electron chi connectivity index (χ4n) is 3.20. The molecule has 0 bridgehead atoms. The summed E-state index contributed by atoms with van der Waals surface area (Å²) in [7, 11) is 0. The molecule has 0 atom stereocenters. The number of nitriles is 1. The van der Waals surface area contributed by atoms with E-state index in [1.807, 2.05) is 56.3 Å². The molecule has 184 valence electrons. The number of hydrogen-bond acceptors (Lipinski definition) is 5. The second kappa shape index (κ2) is 13.0. The van der Waals surface area contributed by atoms with E-state index in [0.29, 0.717) is 40.9 Å². The minimum absolute atomic E-state index is 0.0433. The van der Waals surface area contributed by atoms with Crippen molar-refractivity contribution in [3.05, 3.63) is 94.0 Å². The Labute approximate surface area is 215 Å². The molecule has 2 amide bonds. The molecule has 0 unspecified atom stereocenters. The highest BCUT2D eigenvalue weighted by Gasteiger charge is 2.12. The molecule has 3 rings (SSSR count). The van der Waals surface area contributed by atoms with Crippen molar-refractivity contribution >= 4 is 35.2 Å². The molecular formula is C28H26ClN3O4. The molecule has 0 heterocycles. The Morgan fingerprint density at radius 3 is 2.50 bits per heavy atom. The van der Waals surface area contributed by atoms with Gasteiger partial charge >= 0.3 is 0 Å². The smallest absolute Gasteiger partial charge is 0.262 e. The van der Waals surface area contributed by atoms with E-state index in [9.17, 15) is 14.9 Å². The number of anilines is 1. The Bertz CT molecular complexity index is 1300. The molecule has 0 aromatic heterocycles. The molecule has 0 fully saturated rings. The third kappa shape index (κ3) is 7.62. The van der Waals surface area contributed by atoms with Crippen molar-refractivity contribution in [2.24, 2.45) is 0 Å². The van der Waals surface area contributed by atoms with Crippen molar-refractivity contribution in [3.8, 4) is 17.6 Å². The van der Waals surface area contributed by atoms with E-state index < -0.39 is 5.91 Å². The Kier molecular flexibility index (Phi) is 9.49. The first-order chi connectivity index (χ1) is 17.4. The third-order valence-electron chi connectivity index (χ3n) is 5.05. The SMILES string of the molecule is CCOc1cc(/C=C(\C#N)C(=O)NCc2ccccc2)ccc1OCC(=O)Nc1ccc(C)c(Cl)c1. The van der Waals surface area contributed by atoms with Gasteiger partial charge in [-0.3, -0.25) is 9.59 Å². The number of ether oxygens (including phenoxy) is 2. The molecular weight excluding hydrogens is 478 g/mol. The van der Waals surface area contributed by atoms with Crippen LogP contribution in [-0.4, -0.2) is 25.0 Å². The van der Waals surface area contributed by atoms with Crippen LogP contribution in [0.15, 0.2) is 72.3 Å². The lowest BCUT2D eigenvalue weighted by molar-refractivity contribution is -0.118. The van der Waals surface area contributed by atoms with Crippen LogP contribution in [0.5, 0.6) is 11.5 Å². The van der Waals surface area contributed by atoms with Gasteiger partial charge in [-0.1, -0.05) is 54.1 Å². The highest BCUT2D eigenvalue weighted by atomic mass is 35.5. The van der Waals surface area contributed by atoms with E-state index >= 15 is 0 Å². The molecule has 2 N–H and O–H groups in total. The molecule has 3 aromatic rings. The van der Waals surface area contributed by atoms with Crippen molar-refractivity contribution in [1.29, 1.82) is 5.26 Å². The van der Waals surface area contributed by atoms with Gasteiger partial charge in [-0.25, -0.2) is 0 Å². The molecule has 0 saturated heterocycles. The molecule has 0 aliphatic heterocycles. The van der Waals surface area contributed by atoms with Gasteiger partial charge in [0, 0.05) is 17.3 Å². The average Bonchev–Trinajstić information content (AvgIpc) is 2.88. The highest BCUT2D eigenvalue weighted by Crippen LogP contribution is 2.29. The summed E-state index contributed by atoms with van der Waals surface area (Å²) in [5.41, 5.74) is 2.95. The Morgan fingerprint density at radius 2 is 1.81 bits per heavy atom. The van der Waals surface area contributed by atoms with Crippen molar-refractivity contribution < 1.29 is 19.1 Å². The van der Waals surface area contributed by atoms with E-state index in [-0.39, 0.29) is 18.1 Å². The molecule has 0 spiro atoms. The molecule has 36 heavy (non-hydrogen) atoms. The summed E-state index contributed by atoms with van der Waals surface area (Å²) in [4.78, 5) is 24.8. The summed E-state index contributed by atoms with van der Waals surface area (Å²) in [6, 6.07) is 21.6. The first-order valence-corrected chi connectivity index (χ1v) is 11.7. The minimum atomic E-state index is -0.479. The van der Waals surface area contributed by atoms with Crippen LogP contribution in [0.25, 0.3) is 6.08 Å². The normalized spacial score (nSPS) is 10.8. The first-order valence-electron chi connectivity index (χ1n) is 11.3. The molecule has 7 nitrogen and oxygen atoms in total. The summed E-state index contributed by atoms with van der Waals surface area (Å²) in [6.07, 6.45) is 1.47. The number of aryl methyl sites for hydroxylation is 1. The van der Waals surface area contributed by atoms with Gasteiger partial charge in [-0.05, 0) is 60.9 Å². The van der Waals surface area contributed by atoms with Crippen molar-refractivity contribution in [3.63, 3.8) is 0 Å². The topological polar surface area (TPSA) is 100 Å². The Hall–Kier alpha value is -4.28. The summed E-state index contributed by atoms with van der Waals surface area (Å²) in [6.45, 7) is 4.12. The molecule has 0 saturated carbocycles. The molecule has 0 aliphatic carbocycles. The number of rotatable bonds is 10. The number of nitrogens with one attached hydrogen (secondary N) is 2. The summed E-state index contributed by atoms with van der Waals surface area (Å²) < 4.78 is 11.3.